The molecule has 5 nitrogen and oxygen atoms in total. The standard InChI is InChI=1S/C15H19N3O2/c1-11-2-5-14-16-12(10-18(14)8-11)9-17(13-3-4-13)7-6-15(19)20/h2,5,8,10,13H,3-4,6-7,9H2,1H3,(H,19,20). The van der Waals surface area contributed by atoms with Gasteiger partial charge >= 0.3 is 5.97 Å². The number of aryl methyl sites for hydroxylation is 1. The molecule has 0 aliphatic heterocycles. The molecule has 1 aliphatic carbocycles. The molecular weight excluding hydrogens is 254 g/mol. The summed E-state index contributed by atoms with van der Waals surface area (Å²) in [5, 5.41) is 8.83. The first-order chi connectivity index (χ1) is 9.61. The lowest BCUT2D eigenvalue weighted by Crippen LogP contribution is -2.28. The normalized spacial score (nSPS) is 15.1. The Hall–Kier alpha value is -1.88. The Kier molecular flexibility index (Phi) is 3.44. The summed E-state index contributed by atoms with van der Waals surface area (Å²) >= 11 is 0. The summed E-state index contributed by atoms with van der Waals surface area (Å²) in [6, 6.07) is 4.60. The molecule has 20 heavy (non-hydrogen) atoms. The van der Waals surface area contributed by atoms with Crippen molar-refractivity contribution in [2.45, 2.75) is 38.8 Å². The quantitative estimate of drug-likeness (QED) is 0.875. The average Bonchev–Trinajstić information content (AvgIpc) is 3.15. The van der Waals surface area contributed by atoms with E-state index in [9.17, 15) is 4.79 Å². The van der Waals surface area contributed by atoms with Crippen LogP contribution in [0.1, 0.15) is 30.5 Å². The smallest absolute Gasteiger partial charge is 0.304 e. The zero-order valence-electron chi connectivity index (χ0n) is 11.6. The van der Waals surface area contributed by atoms with Crippen molar-refractivity contribution >= 4 is 11.6 Å². The number of carboxylic acid groups (broad SMARTS) is 1. The van der Waals surface area contributed by atoms with E-state index in [0.717, 1.165) is 17.9 Å². The van der Waals surface area contributed by atoms with Gasteiger partial charge in [-0.25, -0.2) is 4.98 Å². The van der Waals surface area contributed by atoms with E-state index >= 15 is 0 Å². The Labute approximate surface area is 117 Å². The van der Waals surface area contributed by atoms with Crippen LogP contribution in [0.25, 0.3) is 5.65 Å². The van der Waals surface area contributed by atoms with E-state index in [-0.39, 0.29) is 6.42 Å². The van der Waals surface area contributed by atoms with Gasteiger partial charge in [0.1, 0.15) is 5.65 Å². The van der Waals surface area contributed by atoms with E-state index in [1.807, 2.05) is 16.7 Å². The van der Waals surface area contributed by atoms with Gasteiger partial charge in [0, 0.05) is 31.5 Å². The van der Waals surface area contributed by atoms with Gasteiger partial charge in [-0.2, -0.15) is 0 Å². The van der Waals surface area contributed by atoms with Gasteiger partial charge in [0.05, 0.1) is 12.1 Å². The Balaban J connectivity index is 1.74. The predicted molar refractivity (Wildman–Crippen MR) is 75.6 cm³/mol. The predicted octanol–water partition coefficient (Wildman–Crippen LogP) is 2.08. The monoisotopic (exact) mass is 273 g/mol. The van der Waals surface area contributed by atoms with Crippen molar-refractivity contribution in [2.24, 2.45) is 0 Å². The molecule has 0 aromatic carbocycles. The number of aliphatic carboxylic acids is 1. The molecule has 0 amide bonds. The number of imidazole rings is 1. The van der Waals surface area contributed by atoms with Crippen molar-refractivity contribution in [3.05, 3.63) is 35.8 Å². The molecule has 1 saturated carbocycles. The second-order valence-electron chi connectivity index (χ2n) is 5.55. The molecule has 0 atom stereocenters. The molecule has 0 bridgehead atoms. The minimum absolute atomic E-state index is 0.197. The number of fused-ring (bicyclic) bond motifs is 1. The van der Waals surface area contributed by atoms with Crippen molar-refractivity contribution in [3.63, 3.8) is 0 Å². The topological polar surface area (TPSA) is 57.8 Å². The SMILES string of the molecule is Cc1ccc2nc(CN(CCC(=O)O)C3CC3)cn2c1. The van der Waals surface area contributed by atoms with E-state index in [2.05, 4.69) is 29.1 Å². The highest BCUT2D eigenvalue weighted by Gasteiger charge is 2.29. The first kappa shape index (κ1) is 13.1. The van der Waals surface area contributed by atoms with Crippen LogP contribution in [0.3, 0.4) is 0 Å². The first-order valence-electron chi connectivity index (χ1n) is 7.02. The van der Waals surface area contributed by atoms with E-state index in [4.69, 9.17) is 5.11 Å². The summed E-state index contributed by atoms with van der Waals surface area (Å²) in [5.74, 6) is -0.735. The number of carbonyl (C=O) groups is 1. The maximum absolute atomic E-state index is 10.7. The largest absolute Gasteiger partial charge is 0.481 e. The molecule has 5 heteroatoms. The van der Waals surface area contributed by atoms with E-state index in [0.29, 0.717) is 12.6 Å². The fourth-order valence-corrected chi connectivity index (χ4v) is 2.51. The Morgan fingerprint density at radius 1 is 1.45 bits per heavy atom. The lowest BCUT2D eigenvalue weighted by molar-refractivity contribution is -0.137. The summed E-state index contributed by atoms with van der Waals surface area (Å²) in [5.41, 5.74) is 3.15. The average molecular weight is 273 g/mol. The molecule has 3 rings (SSSR count). The van der Waals surface area contributed by atoms with E-state index in [1.54, 1.807) is 0 Å². The number of pyridine rings is 1. The molecule has 0 spiro atoms. The lowest BCUT2D eigenvalue weighted by atomic mass is 10.3. The highest BCUT2D eigenvalue weighted by atomic mass is 16.4. The molecule has 106 valence electrons. The second kappa shape index (κ2) is 5.25. The minimum Gasteiger partial charge on any atom is -0.481 e. The molecule has 2 heterocycles. The molecule has 0 saturated heterocycles. The number of rotatable bonds is 6. The van der Waals surface area contributed by atoms with Crippen molar-refractivity contribution in [1.82, 2.24) is 14.3 Å². The van der Waals surface area contributed by atoms with E-state index < -0.39 is 5.97 Å². The third-order valence-electron chi connectivity index (χ3n) is 3.69. The van der Waals surface area contributed by atoms with Crippen LogP contribution in [0.5, 0.6) is 0 Å². The maximum atomic E-state index is 10.7. The summed E-state index contributed by atoms with van der Waals surface area (Å²) < 4.78 is 2.03. The van der Waals surface area contributed by atoms with Crippen molar-refractivity contribution in [2.75, 3.05) is 6.54 Å². The zero-order chi connectivity index (χ0) is 14.1. The third kappa shape index (κ3) is 2.99. The van der Waals surface area contributed by atoms with E-state index in [1.165, 1.54) is 18.4 Å². The van der Waals surface area contributed by atoms with Gasteiger partial charge in [0.15, 0.2) is 0 Å². The Morgan fingerprint density at radius 2 is 2.25 bits per heavy atom. The highest BCUT2D eigenvalue weighted by Crippen LogP contribution is 2.28. The molecule has 1 aliphatic rings. The number of aromatic nitrogens is 2. The Bertz CT molecular complexity index is 631. The van der Waals surface area contributed by atoms with Crippen LogP contribution < -0.4 is 0 Å². The molecular formula is C15H19N3O2. The molecule has 2 aromatic rings. The molecule has 1 fully saturated rings. The summed E-state index contributed by atoms with van der Waals surface area (Å²) in [6.45, 7) is 3.40. The third-order valence-corrected chi connectivity index (χ3v) is 3.69. The fraction of sp³-hybridized carbons (Fsp3) is 0.467. The van der Waals surface area contributed by atoms with Gasteiger partial charge < -0.3 is 9.51 Å². The van der Waals surface area contributed by atoms with Crippen LogP contribution in [0.2, 0.25) is 0 Å². The van der Waals surface area contributed by atoms with Crippen molar-refractivity contribution in [3.8, 4) is 0 Å². The van der Waals surface area contributed by atoms with Crippen LogP contribution in [-0.4, -0.2) is 37.9 Å². The lowest BCUT2D eigenvalue weighted by Gasteiger charge is -2.19. The van der Waals surface area contributed by atoms with Gasteiger partial charge in [-0.15, -0.1) is 0 Å². The highest BCUT2D eigenvalue weighted by molar-refractivity contribution is 5.66. The zero-order valence-corrected chi connectivity index (χ0v) is 11.6. The van der Waals surface area contributed by atoms with Gasteiger partial charge in [-0.1, -0.05) is 6.07 Å². The Morgan fingerprint density at radius 3 is 2.95 bits per heavy atom. The number of carboxylic acids is 1. The van der Waals surface area contributed by atoms with Gasteiger partial charge in [0.2, 0.25) is 0 Å². The van der Waals surface area contributed by atoms with Crippen LogP contribution in [0.4, 0.5) is 0 Å². The summed E-state index contributed by atoms with van der Waals surface area (Å²) in [4.78, 5) is 17.6. The van der Waals surface area contributed by atoms with Crippen molar-refractivity contribution in [1.29, 1.82) is 0 Å². The van der Waals surface area contributed by atoms with Crippen LogP contribution in [0, 0.1) is 6.92 Å². The van der Waals surface area contributed by atoms with Crippen LogP contribution in [-0.2, 0) is 11.3 Å². The van der Waals surface area contributed by atoms with Crippen LogP contribution in [0.15, 0.2) is 24.5 Å². The maximum Gasteiger partial charge on any atom is 0.304 e. The molecule has 1 N–H and O–H groups in total. The number of hydrogen-bond donors (Lipinski definition) is 1. The van der Waals surface area contributed by atoms with Crippen LogP contribution >= 0.6 is 0 Å². The summed E-state index contributed by atoms with van der Waals surface area (Å²) in [6.07, 6.45) is 6.64. The number of hydrogen-bond acceptors (Lipinski definition) is 3. The van der Waals surface area contributed by atoms with Gasteiger partial charge in [-0.3, -0.25) is 9.69 Å². The van der Waals surface area contributed by atoms with Gasteiger partial charge in [-0.05, 0) is 31.4 Å². The summed E-state index contributed by atoms with van der Waals surface area (Å²) in [7, 11) is 0. The molecule has 0 radical (unpaired) electrons. The molecule has 0 unspecified atom stereocenters. The van der Waals surface area contributed by atoms with Gasteiger partial charge in [0.25, 0.3) is 0 Å². The minimum atomic E-state index is -0.735. The molecule has 2 aromatic heterocycles. The van der Waals surface area contributed by atoms with Crippen molar-refractivity contribution < 1.29 is 9.90 Å². The first-order valence-corrected chi connectivity index (χ1v) is 7.02. The number of nitrogens with zero attached hydrogens (tertiary/aromatic N) is 3. The second-order valence-corrected chi connectivity index (χ2v) is 5.55. The fourth-order valence-electron chi connectivity index (χ4n) is 2.51.